The summed E-state index contributed by atoms with van der Waals surface area (Å²) in [6, 6.07) is 6.07. The van der Waals surface area contributed by atoms with Crippen LogP contribution in [0.25, 0.3) is 0 Å². The van der Waals surface area contributed by atoms with Crippen molar-refractivity contribution in [3.8, 4) is 5.75 Å². The van der Waals surface area contributed by atoms with Crippen LogP contribution in [0, 0.1) is 17.8 Å². The summed E-state index contributed by atoms with van der Waals surface area (Å²) in [7, 11) is 3.25. The number of carbonyl (C=O) groups excluding carboxylic acids is 3. The van der Waals surface area contributed by atoms with Gasteiger partial charge in [0.1, 0.15) is 17.4 Å². The number of hydrogen-bond donors (Lipinski definition) is 1. The van der Waals surface area contributed by atoms with Crippen molar-refractivity contribution in [2.75, 3.05) is 45.3 Å². The van der Waals surface area contributed by atoms with Gasteiger partial charge >= 0.3 is 0 Å². The lowest BCUT2D eigenvalue weighted by Crippen LogP contribution is -2.57. The van der Waals surface area contributed by atoms with Crippen LogP contribution in [0.4, 0.5) is 5.69 Å². The van der Waals surface area contributed by atoms with Gasteiger partial charge in [0.25, 0.3) is 5.91 Å². The first kappa shape index (κ1) is 26.9. The van der Waals surface area contributed by atoms with Crippen LogP contribution in [-0.4, -0.2) is 90.3 Å². The van der Waals surface area contributed by atoms with E-state index in [1.54, 1.807) is 60.4 Å². The number of β-amino-alcohol motifs (C(OH)–C–C–N with tert-alkyl or cyclic N) is 1. The Morgan fingerprint density at radius 3 is 2.43 bits per heavy atom. The van der Waals surface area contributed by atoms with Gasteiger partial charge in [0, 0.05) is 32.4 Å². The summed E-state index contributed by atoms with van der Waals surface area (Å²) in [4.78, 5) is 46.5. The van der Waals surface area contributed by atoms with Crippen LogP contribution in [-0.2, 0) is 19.1 Å². The highest BCUT2D eigenvalue weighted by Crippen LogP contribution is 2.65. The monoisotopic (exact) mass is 511 g/mol. The average Bonchev–Trinajstić information content (AvgIpc) is 3.39. The molecule has 37 heavy (non-hydrogen) atoms. The maximum absolute atomic E-state index is 14.4. The molecule has 0 aromatic heterocycles. The van der Waals surface area contributed by atoms with Crippen LogP contribution in [0.2, 0.25) is 0 Å². The predicted molar refractivity (Wildman–Crippen MR) is 139 cm³/mol. The molecule has 6 atom stereocenters. The SMILES string of the molecule is C=CCN(C)C(=O)[C@@H]1[C@H]2C(=O)N(CCO)C(C(=O)N(CC=C)c3ccc(OC)cc3)C23CC(C)[C@@]1(C)O3. The fourth-order valence-electron chi connectivity index (χ4n) is 6.62. The van der Waals surface area contributed by atoms with Gasteiger partial charge in [0.05, 0.1) is 31.2 Å². The number of likely N-dealkylation sites (tertiary alicyclic amines) is 1. The Labute approximate surface area is 218 Å². The Balaban J connectivity index is 1.81. The predicted octanol–water partition coefficient (Wildman–Crippen LogP) is 1.86. The minimum absolute atomic E-state index is 0.0319. The Kier molecular flexibility index (Phi) is 7.23. The van der Waals surface area contributed by atoms with E-state index >= 15 is 0 Å². The van der Waals surface area contributed by atoms with Crippen molar-refractivity contribution >= 4 is 23.4 Å². The number of aliphatic hydroxyl groups is 1. The molecule has 3 fully saturated rings. The van der Waals surface area contributed by atoms with Crippen molar-refractivity contribution in [3.63, 3.8) is 0 Å². The minimum atomic E-state index is -1.18. The first-order valence-electron chi connectivity index (χ1n) is 12.6. The van der Waals surface area contributed by atoms with Gasteiger partial charge in [-0.15, -0.1) is 13.2 Å². The van der Waals surface area contributed by atoms with Gasteiger partial charge in [-0.05, 0) is 43.5 Å². The van der Waals surface area contributed by atoms with Crippen molar-refractivity contribution in [1.82, 2.24) is 9.80 Å². The first-order chi connectivity index (χ1) is 17.6. The molecule has 2 bridgehead atoms. The summed E-state index contributed by atoms with van der Waals surface area (Å²) in [6.45, 7) is 11.6. The average molecular weight is 512 g/mol. The molecule has 3 aliphatic heterocycles. The quantitative estimate of drug-likeness (QED) is 0.482. The van der Waals surface area contributed by atoms with Gasteiger partial charge in [-0.1, -0.05) is 19.1 Å². The van der Waals surface area contributed by atoms with Crippen LogP contribution < -0.4 is 9.64 Å². The van der Waals surface area contributed by atoms with Crippen molar-refractivity contribution in [2.24, 2.45) is 17.8 Å². The number of hydrogen-bond acceptors (Lipinski definition) is 6. The van der Waals surface area contributed by atoms with Gasteiger partial charge in [-0.2, -0.15) is 0 Å². The number of ether oxygens (including phenoxy) is 2. The van der Waals surface area contributed by atoms with E-state index in [1.807, 2.05) is 13.8 Å². The molecule has 200 valence electrons. The highest BCUT2D eigenvalue weighted by Gasteiger charge is 2.80. The fourth-order valence-corrected chi connectivity index (χ4v) is 6.62. The normalized spacial score (nSPS) is 31.7. The van der Waals surface area contributed by atoms with Crippen molar-refractivity contribution in [2.45, 2.75) is 37.5 Å². The molecular weight excluding hydrogens is 474 g/mol. The van der Waals surface area contributed by atoms with E-state index < -0.39 is 29.1 Å². The number of anilines is 1. The Morgan fingerprint density at radius 2 is 1.86 bits per heavy atom. The molecule has 3 unspecified atom stereocenters. The van der Waals surface area contributed by atoms with Gasteiger partial charge in [0.2, 0.25) is 11.8 Å². The second-order valence-electron chi connectivity index (χ2n) is 10.4. The second-order valence-corrected chi connectivity index (χ2v) is 10.4. The number of likely N-dealkylation sites (N-methyl/N-ethyl adjacent to an activating group) is 1. The van der Waals surface area contributed by atoms with Crippen LogP contribution in [0.3, 0.4) is 0 Å². The molecule has 1 N–H and O–H groups in total. The van der Waals surface area contributed by atoms with Crippen LogP contribution >= 0.6 is 0 Å². The largest absolute Gasteiger partial charge is 0.497 e. The van der Waals surface area contributed by atoms with Crippen molar-refractivity contribution in [3.05, 3.63) is 49.6 Å². The van der Waals surface area contributed by atoms with E-state index in [9.17, 15) is 19.5 Å². The number of amides is 3. The highest BCUT2D eigenvalue weighted by molar-refractivity contribution is 6.05. The van der Waals surface area contributed by atoms with E-state index in [1.165, 1.54) is 4.90 Å². The molecule has 1 aromatic rings. The zero-order chi connectivity index (χ0) is 27.1. The van der Waals surface area contributed by atoms with E-state index in [2.05, 4.69) is 13.2 Å². The van der Waals surface area contributed by atoms with Gasteiger partial charge < -0.3 is 29.3 Å². The minimum Gasteiger partial charge on any atom is -0.497 e. The lowest BCUT2D eigenvalue weighted by atomic mass is 9.62. The number of nitrogens with zero attached hydrogens (tertiary/aromatic N) is 3. The van der Waals surface area contributed by atoms with Gasteiger partial charge in [-0.3, -0.25) is 14.4 Å². The molecule has 9 heteroatoms. The van der Waals surface area contributed by atoms with E-state index in [4.69, 9.17) is 9.47 Å². The number of fused-ring (bicyclic) bond motifs is 1. The topological polar surface area (TPSA) is 99.6 Å². The molecule has 3 aliphatic rings. The third-order valence-corrected chi connectivity index (χ3v) is 8.40. The molecule has 0 radical (unpaired) electrons. The van der Waals surface area contributed by atoms with Crippen LogP contribution in [0.1, 0.15) is 20.3 Å². The molecular formula is C28H37N3O6. The van der Waals surface area contributed by atoms with E-state index in [0.717, 1.165) is 0 Å². The fraction of sp³-hybridized carbons (Fsp3) is 0.536. The lowest BCUT2D eigenvalue weighted by Gasteiger charge is -2.38. The molecule has 9 nitrogen and oxygen atoms in total. The summed E-state index contributed by atoms with van der Waals surface area (Å²) in [6.07, 6.45) is 3.71. The number of aliphatic hydroxyl groups excluding tert-OH is 1. The number of carbonyl (C=O) groups is 3. The molecule has 3 heterocycles. The maximum atomic E-state index is 14.4. The molecule has 3 saturated heterocycles. The van der Waals surface area contributed by atoms with E-state index in [-0.39, 0.29) is 43.3 Å². The molecule has 3 amide bonds. The third-order valence-electron chi connectivity index (χ3n) is 8.40. The highest BCUT2D eigenvalue weighted by atomic mass is 16.5. The maximum Gasteiger partial charge on any atom is 0.253 e. The van der Waals surface area contributed by atoms with Gasteiger partial charge in [0.15, 0.2) is 0 Å². The molecule has 0 aliphatic carbocycles. The van der Waals surface area contributed by atoms with Crippen molar-refractivity contribution < 1.29 is 29.0 Å². The summed E-state index contributed by atoms with van der Waals surface area (Å²) < 4.78 is 12.0. The van der Waals surface area contributed by atoms with Crippen LogP contribution in [0.5, 0.6) is 5.75 Å². The molecule has 1 spiro atoms. The van der Waals surface area contributed by atoms with Crippen molar-refractivity contribution in [1.29, 1.82) is 0 Å². The molecule has 1 aromatic carbocycles. The lowest BCUT2D eigenvalue weighted by molar-refractivity contribution is -0.150. The number of rotatable bonds is 10. The smallest absolute Gasteiger partial charge is 0.253 e. The zero-order valence-electron chi connectivity index (χ0n) is 22.1. The standard InChI is InChI=1S/C28H37N3O6/c1-7-13-29(5)24(33)21-22-25(34)31(15-16-32)23(28(22)17-18(3)27(21,4)37-28)26(35)30(14-8-2)19-9-11-20(36-6)12-10-19/h7-12,18,21-23,32H,1-2,13-17H2,3-6H3/t18?,21-,22-,23?,27+,28?/m0/s1. The van der Waals surface area contributed by atoms with E-state index in [0.29, 0.717) is 24.4 Å². The van der Waals surface area contributed by atoms with Crippen LogP contribution in [0.15, 0.2) is 49.6 Å². The molecule has 0 saturated carbocycles. The summed E-state index contributed by atoms with van der Waals surface area (Å²) in [5, 5.41) is 9.85. The molecule has 4 rings (SSSR count). The number of methoxy groups -OCH3 is 1. The summed E-state index contributed by atoms with van der Waals surface area (Å²) >= 11 is 0. The Bertz CT molecular complexity index is 1090. The third kappa shape index (κ3) is 3.95. The summed E-state index contributed by atoms with van der Waals surface area (Å²) in [5.74, 6) is -1.86. The Morgan fingerprint density at radius 1 is 1.22 bits per heavy atom. The zero-order valence-corrected chi connectivity index (χ0v) is 22.1. The van der Waals surface area contributed by atoms with Gasteiger partial charge in [-0.25, -0.2) is 0 Å². The summed E-state index contributed by atoms with van der Waals surface area (Å²) in [5.41, 5.74) is -1.47. The first-order valence-corrected chi connectivity index (χ1v) is 12.6. The number of benzene rings is 1. The Hall–Kier alpha value is -3.17. The second kappa shape index (κ2) is 9.95.